The Hall–Kier alpha value is -1.55. The molecule has 1 heterocycles. The van der Waals surface area contributed by atoms with E-state index >= 15 is 0 Å². The van der Waals surface area contributed by atoms with Crippen LogP contribution in [0.2, 0.25) is 0 Å². The number of nitrogens with zero attached hydrogens (tertiary/aromatic N) is 3. The third-order valence-electron chi connectivity index (χ3n) is 4.47. The summed E-state index contributed by atoms with van der Waals surface area (Å²) in [6.07, 6.45) is 0.982. The summed E-state index contributed by atoms with van der Waals surface area (Å²) in [6.45, 7) is 11.6. The zero-order valence-electron chi connectivity index (χ0n) is 13.5. The first-order valence-electron chi connectivity index (χ1n) is 7.93. The highest BCUT2D eigenvalue weighted by molar-refractivity contribution is 5.81. The predicted octanol–water partition coefficient (Wildman–Crippen LogP) is 1.96. The molecule has 0 radical (unpaired) electrons. The molecular weight excluding hydrogens is 260 g/mol. The van der Waals surface area contributed by atoms with E-state index in [9.17, 15) is 0 Å². The number of guanidine groups is 1. The number of benzene rings is 1. The van der Waals surface area contributed by atoms with Crippen LogP contribution in [0.3, 0.4) is 0 Å². The zero-order chi connectivity index (χ0) is 15.3. The van der Waals surface area contributed by atoms with Crippen molar-refractivity contribution < 1.29 is 0 Å². The molecule has 1 aromatic carbocycles. The van der Waals surface area contributed by atoms with Gasteiger partial charge in [-0.25, -0.2) is 0 Å². The zero-order valence-corrected chi connectivity index (χ0v) is 13.5. The van der Waals surface area contributed by atoms with Crippen molar-refractivity contribution in [3.05, 3.63) is 35.9 Å². The lowest BCUT2D eigenvalue weighted by molar-refractivity contribution is 0.187. The molecule has 4 heteroatoms. The van der Waals surface area contributed by atoms with Crippen molar-refractivity contribution in [2.45, 2.75) is 32.7 Å². The normalized spacial score (nSPS) is 21.9. The molecule has 1 unspecified atom stereocenters. The lowest BCUT2D eigenvalue weighted by atomic mass is 9.92. The molecule has 0 bridgehead atoms. The Balaban J connectivity index is 2.04. The van der Waals surface area contributed by atoms with Gasteiger partial charge >= 0.3 is 0 Å². The SMILES string of the molecule is CCN(CC)CCN1C(N)=NCC1(C)Cc1ccccc1. The largest absolute Gasteiger partial charge is 0.370 e. The van der Waals surface area contributed by atoms with Crippen LogP contribution in [0.5, 0.6) is 0 Å². The minimum atomic E-state index is -0.00140. The first-order valence-corrected chi connectivity index (χ1v) is 7.93. The van der Waals surface area contributed by atoms with Crippen LogP contribution < -0.4 is 5.73 Å². The van der Waals surface area contributed by atoms with E-state index < -0.39 is 0 Å². The van der Waals surface area contributed by atoms with E-state index in [2.05, 4.69) is 65.9 Å². The van der Waals surface area contributed by atoms with Crippen molar-refractivity contribution in [2.24, 2.45) is 10.7 Å². The molecule has 1 aliphatic rings. The Bertz CT molecular complexity index is 467. The van der Waals surface area contributed by atoms with Gasteiger partial charge in [0.15, 0.2) is 5.96 Å². The molecule has 2 rings (SSSR count). The summed E-state index contributed by atoms with van der Waals surface area (Å²) in [5, 5.41) is 0. The smallest absolute Gasteiger partial charge is 0.191 e. The summed E-state index contributed by atoms with van der Waals surface area (Å²) in [5.41, 5.74) is 7.48. The average Bonchev–Trinajstić information content (AvgIpc) is 2.77. The van der Waals surface area contributed by atoms with E-state index in [-0.39, 0.29) is 5.54 Å². The summed E-state index contributed by atoms with van der Waals surface area (Å²) < 4.78 is 0. The molecule has 1 aliphatic heterocycles. The maximum Gasteiger partial charge on any atom is 0.191 e. The van der Waals surface area contributed by atoms with Crippen molar-refractivity contribution in [2.75, 3.05) is 32.7 Å². The Kier molecular flexibility index (Phi) is 5.23. The molecule has 0 saturated heterocycles. The van der Waals surface area contributed by atoms with Crippen LogP contribution in [-0.2, 0) is 6.42 Å². The van der Waals surface area contributed by atoms with Gasteiger partial charge in [0.25, 0.3) is 0 Å². The van der Waals surface area contributed by atoms with Gasteiger partial charge in [0.1, 0.15) is 0 Å². The van der Waals surface area contributed by atoms with Crippen LogP contribution in [0.25, 0.3) is 0 Å². The van der Waals surface area contributed by atoms with Gasteiger partial charge < -0.3 is 15.5 Å². The van der Waals surface area contributed by atoms with E-state index in [1.165, 1.54) is 5.56 Å². The molecule has 0 aliphatic carbocycles. The van der Waals surface area contributed by atoms with E-state index in [1.54, 1.807) is 0 Å². The van der Waals surface area contributed by atoms with Gasteiger partial charge in [-0.1, -0.05) is 44.2 Å². The maximum absolute atomic E-state index is 6.13. The summed E-state index contributed by atoms with van der Waals surface area (Å²) in [4.78, 5) is 9.21. The average molecular weight is 288 g/mol. The molecule has 0 fully saturated rings. The molecule has 2 N–H and O–H groups in total. The molecule has 4 nitrogen and oxygen atoms in total. The number of hydrogen-bond donors (Lipinski definition) is 1. The van der Waals surface area contributed by atoms with E-state index in [0.29, 0.717) is 5.96 Å². The fourth-order valence-corrected chi connectivity index (χ4v) is 3.05. The van der Waals surface area contributed by atoms with Crippen molar-refractivity contribution in [3.63, 3.8) is 0 Å². The lowest BCUT2D eigenvalue weighted by Crippen LogP contribution is -2.53. The minimum absolute atomic E-state index is 0.00140. The summed E-state index contributed by atoms with van der Waals surface area (Å²) in [5.74, 6) is 0.695. The predicted molar refractivity (Wildman–Crippen MR) is 89.5 cm³/mol. The van der Waals surface area contributed by atoms with Crippen LogP contribution >= 0.6 is 0 Å². The summed E-state index contributed by atoms with van der Waals surface area (Å²) >= 11 is 0. The van der Waals surface area contributed by atoms with E-state index in [0.717, 1.165) is 39.1 Å². The molecule has 1 atom stereocenters. The molecule has 0 saturated carbocycles. The Morgan fingerprint density at radius 2 is 1.90 bits per heavy atom. The van der Waals surface area contributed by atoms with Gasteiger partial charge in [0.2, 0.25) is 0 Å². The van der Waals surface area contributed by atoms with Gasteiger partial charge in [0.05, 0.1) is 12.1 Å². The molecule has 116 valence electrons. The third kappa shape index (κ3) is 3.76. The van der Waals surface area contributed by atoms with Gasteiger partial charge in [-0.15, -0.1) is 0 Å². The number of likely N-dealkylation sites (N-methyl/N-ethyl adjacent to an activating group) is 1. The molecule has 1 aromatic rings. The first kappa shape index (κ1) is 15.8. The van der Waals surface area contributed by atoms with Crippen LogP contribution in [-0.4, -0.2) is 54.0 Å². The highest BCUT2D eigenvalue weighted by Crippen LogP contribution is 2.25. The number of rotatable bonds is 7. The highest BCUT2D eigenvalue weighted by Gasteiger charge is 2.37. The quantitative estimate of drug-likeness (QED) is 0.834. The Labute approximate surface area is 128 Å². The van der Waals surface area contributed by atoms with Crippen LogP contribution in [0.4, 0.5) is 0 Å². The first-order chi connectivity index (χ1) is 10.1. The summed E-state index contributed by atoms with van der Waals surface area (Å²) in [6, 6.07) is 10.6. The summed E-state index contributed by atoms with van der Waals surface area (Å²) in [7, 11) is 0. The van der Waals surface area contributed by atoms with E-state index in [1.807, 2.05) is 0 Å². The van der Waals surface area contributed by atoms with Crippen molar-refractivity contribution in [1.29, 1.82) is 0 Å². The van der Waals surface area contributed by atoms with Gasteiger partial charge in [-0.3, -0.25) is 4.99 Å². The van der Waals surface area contributed by atoms with E-state index in [4.69, 9.17) is 5.73 Å². The van der Waals surface area contributed by atoms with Gasteiger partial charge in [-0.05, 0) is 32.0 Å². The second-order valence-corrected chi connectivity index (χ2v) is 6.01. The number of nitrogens with two attached hydrogens (primary N) is 1. The van der Waals surface area contributed by atoms with Crippen LogP contribution in [0, 0.1) is 0 Å². The molecule has 0 aromatic heterocycles. The standard InChI is InChI=1S/C17H28N4/c1-4-20(5-2)11-12-21-16(18)19-14-17(21,3)13-15-9-7-6-8-10-15/h6-10H,4-5,11-14H2,1-3H3,(H2,18,19). The van der Waals surface area contributed by atoms with Crippen LogP contribution in [0.15, 0.2) is 35.3 Å². The molecule has 21 heavy (non-hydrogen) atoms. The van der Waals surface area contributed by atoms with Gasteiger partial charge in [-0.2, -0.15) is 0 Å². The fraction of sp³-hybridized carbons (Fsp3) is 0.588. The fourth-order valence-electron chi connectivity index (χ4n) is 3.05. The number of aliphatic imine (C=N–C) groups is 1. The molecule has 0 amide bonds. The van der Waals surface area contributed by atoms with Crippen LogP contribution in [0.1, 0.15) is 26.3 Å². The topological polar surface area (TPSA) is 44.9 Å². The van der Waals surface area contributed by atoms with Crippen molar-refractivity contribution in [1.82, 2.24) is 9.80 Å². The van der Waals surface area contributed by atoms with Gasteiger partial charge in [0, 0.05) is 13.1 Å². The Morgan fingerprint density at radius 3 is 2.52 bits per heavy atom. The molecular formula is C17H28N4. The maximum atomic E-state index is 6.13. The highest BCUT2D eigenvalue weighted by atomic mass is 15.4. The van der Waals surface area contributed by atoms with Crippen molar-refractivity contribution >= 4 is 5.96 Å². The third-order valence-corrected chi connectivity index (χ3v) is 4.47. The lowest BCUT2D eigenvalue weighted by Gasteiger charge is -2.37. The Morgan fingerprint density at radius 1 is 1.24 bits per heavy atom. The monoisotopic (exact) mass is 288 g/mol. The molecule has 0 spiro atoms. The number of hydrogen-bond acceptors (Lipinski definition) is 4. The second-order valence-electron chi connectivity index (χ2n) is 6.01. The van der Waals surface area contributed by atoms with Crippen molar-refractivity contribution in [3.8, 4) is 0 Å². The second kappa shape index (κ2) is 6.94. The minimum Gasteiger partial charge on any atom is -0.370 e.